The summed E-state index contributed by atoms with van der Waals surface area (Å²) in [4.78, 5) is 9.37. The predicted octanol–water partition coefficient (Wildman–Crippen LogP) is -0.167. The van der Waals surface area contributed by atoms with E-state index in [2.05, 4.69) is 0 Å². The van der Waals surface area contributed by atoms with E-state index in [1.165, 1.54) is 0 Å². The molecule has 1 N–H and O–H groups in total. The van der Waals surface area contributed by atoms with E-state index in [0.29, 0.717) is 0 Å². The summed E-state index contributed by atoms with van der Waals surface area (Å²) in [6, 6.07) is 0. The van der Waals surface area contributed by atoms with Gasteiger partial charge in [-0.3, -0.25) is 4.79 Å². The number of carboxylic acids is 1. The van der Waals surface area contributed by atoms with Gasteiger partial charge in [0.15, 0.2) is 0 Å². The summed E-state index contributed by atoms with van der Waals surface area (Å²) in [6.07, 6.45) is 0.222. The van der Waals surface area contributed by atoms with E-state index in [4.69, 9.17) is 5.11 Å². The Morgan fingerprint density at radius 3 is 2.00 bits per heavy atom. The van der Waals surface area contributed by atoms with Crippen molar-refractivity contribution in [3.05, 3.63) is 0 Å². The van der Waals surface area contributed by atoms with E-state index in [1.807, 2.05) is 0 Å². The van der Waals surface area contributed by atoms with Gasteiger partial charge in [-0.1, -0.05) is 6.92 Å². The zero-order valence-electron chi connectivity index (χ0n) is 3.06. The van der Waals surface area contributed by atoms with E-state index in [9.17, 15) is 4.79 Å². The summed E-state index contributed by atoms with van der Waals surface area (Å²) in [6.45, 7) is 1.60. The molecule has 0 aromatic rings. The fraction of sp³-hybridized carbons (Fsp3) is 0.667. The molecule has 0 saturated carbocycles. The molecular weight excluding hydrogens is 153 g/mol. The van der Waals surface area contributed by atoms with Gasteiger partial charge in [-0.2, -0.15) is 0 Å². The maximum atomic E-state index is 9.37. The van der Waals surface area contributed by atoms with Crippen LogP contribution in [0, 0.1) is 0 Å². The first-order valence-corrected chi connectivity index (χ1v) is 1.49. The molecule has 0 fully saturated rings. The monoisotopic (exact) mass is 160 g/mol. The fourth-order valence-corrected chi connectivity index (χ4v) is 0. The topological polar surface area (TPSA) is 37.3 Å². The van der Waals surface area contributed by atoms with Gasteiger partial charge in [0.05, 0.1) is 0 Å². The van der Waals surface area contributed by atoms with Gasteiger partial charge in [-0.25, -0.2) is 0 Å². The van der Waals surface area contributed by atoms with Gasteiger partial charge < -0.3 is 5.11 Å². The van der Waals surface area contributed by atoms with Crippen LogP contribution in [0.4, 0.5) is 0 Å². The van der Waals surface area contributed by atoms with Gasteiger partial charge >= 0.3 is 64.2 Å². The third kappa shape index (κ3) is 8.99. The van der Waals surface area contributed by atoms with E-state index in [0.717, 1.165) is 0 Å². The molecule has 0 aromatic heterocycles. The molecule has 0 rings (SSSR count). The first-order chi connectivity index (χ1) is 2.27. The minimum absolute atomic E-state index is 0. The molecule has 0 aromatic carbocycles. The van der Waals surface area contributed by atoms with Crippen molar-refractivity contribution in [2.24, 2.45) is 0 Å². The van der Waals surface area contributed by atoms with Crippen LogP contribution in [0.15, 0.2) is 0 Å². The molecule has 0 spiro atoms. The van der Waals surface area contributed by atoms with Crippen LogP contribution in [0.2, 0.25) is 0 Å². The van der Waals surface area contributed by atoms with E-state index in [1.54, 1.807) is 6.92 Å². The van der Waals surface area contributed by atoms with Crippen LogP contribution in [0.1, 0.15) is 13.3 Å². The number of hydrogen-bond acceptors (Lipinski definition) is 1. The Morgan fingerprint density at radius 1 is 1.83 bits per heavy atom. The number of hydrogen-bond donors (Lipinski definition) is 1. The Labute approximate surface area is 85.7 Å². The predicted molar refractivity (Wildman–Crippen MR) is 25.1 cm³/mol. The molecule has 0 aliphatic carbocycles. The van der Waals surface area contributed by atoms with Crippen molar-refractivity contribution in [2.45, 2.75) is 13.3 Å². The molecule has 2 nitrogen and oxygen atoms in total. The van der Waals surface area contributed by atoms with Crippen molar-refractivity contribution in [1.29, 1.82) is 0 Å². The molecule has 6 heavy (non-hydrogen) atoms. The van der Waals surface area contributed by atoms with Gasteiger partial charge in [-0.05, 0) is 0 Å². The molecule has 0 unspecified atom stereocenters. The fourth-order valence-electron chi connectivity index (χ4n) is 0. The van der Waals surface area contributed by atoms with Crippen LogP contribution in [0.5, 0.6) is 0 Å². The van der Waals surface area contributed by atoms with Crippen molar-refractivity contribution in [3.63, 3.8) is 0 Å². The molecule has 0 radical (unpaired) electrons. The average molecular weight is 161 g/mol. The van der Waals surface area contributed by atoms with Gasteiger partial charge in [0.25, 0.3) is 0 Å². The number of carbonyl (C=O) groups is 1. The van der Waals surface area contributed by atoms with Crippen molar-refractivity contribution < 1.29 is 9.90 Å². The number of rotatable bonds is 1. The Bertz CT molecular complexity index is 44.1. The van der Waals surface area contributed by atoms with Crippen molar-refractivity contribution in [3.8, 4) is 0 Å². The van der Waals surface area contributed by atoms with E-state index in [-0.39, 0.29) is 64.6 Å². The SMILES string of the molecule is CCC(=O)O.[RbH]. The zero-order chi connectivity index (χ0) is 4.28. The Kier molecular flexibility index (Phi) is 10.8. The number of aliphatic carboxylic acids is 1. The van der Waals surface area contributed by atoms with Gasteiger partial charge in [0.1, 0.15) is 0 Å². The molecule has 0 amide bonds. The third-order valence-corrected chi connectivity index (χ3v) is 0.302. The Balaban J connectivity index is 0. The van der Waals surface area contributed by atoms with Crippen molar-refractivity contribution in [2.75, 3.05) is 0 Å². The average Bonchev–Trinajstić information content (AvgIpc) is 1.38. The molecular formula is C3H7O2Rb. The summed E-state index contributed by atoms with van der Waals surface area (Å²) < 4.78 is 0. The molecule has 0 aliphatic heterocycles. The molecule has 0 atom stereocenters. The maximum absolute atomic E-state index is 9.37. The summed E-state index contributed by atoms with van der Waals surface area (Å²) in [5.74, 6) is -0.745. The molecule has 32 valence electrons. The molecule has 3 heteroatoms. The summed E-state index contributed by atoms with van der Waals surface area (Å²) in [5, 5.41) is 7.72. The second-order valence-corrected chi connectivity index (χ2v) is 0.747. The van der Waals surface area contributed by atoms with Crippen LogP contribution in [0.3, 0.4) is 0 Å². The van der Waals surface area contributed by atoms with Crippen LogP contribution >= 0.6 is 0 Å². The first kappa shape index (κ1) is 10.3. The molecule has 0 aliphatic rings. The minimum atomic E-state index is -0.745. The van der Waals surface area contributed by atoms with Gasteiger partial charge in [0, 0.05) is 6.42 Å². The normalized spacial score (nSPS) is 6.17. The Hall–Kier alpha value is 1.28. The standard InChI is InChI=1S/C3H6O2.Rb.H/c1-2-3(4)5;;/h2H2,1H3,(H,4,5);;. The van der Waals surface area contributed by atoms with Crippen molar-refractivity contribution >= 4 is 64.2 Å². The second kappa shape index (κ2) is 6.28. The van der Waals surface area contributed by atoms with Crippen LogP contribution in [-0.4, -0.2) is 69.3 Å². The van der Waals surface area contributed by atoms with Crippen LogP contribution < -0.4 is 0 Å². The van der Waals surface area contributed by atoms with Crippen LogP contribution in [0.25, 0.3) is 0 Å². The quantitative estimate of drug-likeness (QED) is 0.579. The summed E-state index contributed by atoms with van der Waals surface area (Å²) >= 11 is 0. The van der Waals surface area contributed by atoms with Gasteiger partial charge in [0.2, 0.25) is 0 Å². The molecule has 0 bridgehead atoms. The zero-order valence-corrected chi connectivity index (χ0v) is 3.06. The second-order valence-electron chi connectivity index (χ2n) is 0.747. The number of carboxylic acid groups (broad SMARTS) is 1. The Morgan fingerprint density at radius 2 is 2.00 bits per heavy atom. The third-order valence-electron chi connectivity index (χ3n) is 0.302. The summed E-state index contributed by atoms with van der Waals surface area (Å²) in [5.41, 5.74) is 0. The van der Waals surface area contributed by atoms with Gasteiger partial charge in [-0.15, -0.1) is 0 Å². The summed E-state index contributed by atoms with van der Waals surface area (Å²) in [7, 11) is 0. The van der Waals surface area contributed by atoms with E-state index < -0.39 is 5.97 Å². The molecule has 0 saturated heterocycles. The molecule has 0 heterocycles. The van der Waals surface area contributed by atoms with E-state index >= 15 is 0 Å². The van der Waals surface area contributed by atoms with Crippen LogP contribution in [-0.2, 0) is 4.79 Å². The van der Waals surface area contributed by atoms with Crippen molar-refractivity contribution in [1.82, 2.24) is 0 Å². The first-order valence-electron chi connectivity index (χ1n) is 1.49.